The normalized spacial score (nSPS) is 15.6. The average molecular weight is 301 g/mol. The number of alkyl halides is 1. The molecule has 0 unspecified atom stereocenters. The van der Waals surface area contributed by atoms with Crippen molar-refractivity contribution < 1.29 is 9.32 Å². The summed E-state index contributed by atoms with van der Waals surface area (Å²) in [6, 6.07) is 2.11. The summed E-state index contributed by atoms with van der Waals surface area (Å²) in [6.07, 6.45) is 4.43. The number of rotatable bonds is 5. The van der Waals surface area contributed by atoms with Crippen molar-refractivity contribution in [3.8, 4) is 0 Å². The highest BCUT2D eigenvalue weighted by atomic mass is 79.9. The van der Waals surface area contributed by atoms with Crippen LogP contribution in [0.15, 0.2) is 10.6 Å². The minimum absolute atomic E-state index is 0.00694. The van der Waals surface area contributed by atoms with Crippen LogP contribution in [0.1, 0.15) is 41.9 Å². The molecule has 0 spiro atoms. The van der Waals surface area contributed by atoms with Crippen LogP contribution in [-0.4, -0.2) is 33.9 Å². The van der Waals surface area contributed by atoms with Gasteiger partial charge in [0.15, 0.2) is 5.69 Å². The van der Waals surface area contributed by atoms with E-state index in [9.17, 15) is 4.79 Å². The Hall–Kier alpha value is -0.840. The van der Waals surface area contributed by atoms with Crippen LogP contribution in [-0.2, 0) is 0 Å². The molecule has 1 aromatic rings. The van der Waals surface area contributed by atoms with Gasteiger partial charge < -0.3 is 9.42 Å². The number of halogens is 1. The Bertz CT molecular complexity index is 388. The third-order valence-electron chi connectivity index (χ3n) is 3.16. The molecule has 1 aromatic heterocycles. The first-order chi connectivity index (χ1) is 8.22. The third kappa shape index (κ3) is 2.89. The van der Waals surface area contributed by atoms with Crippen LogP contribution in [0.5, 0.6) is 0 Å². The molecular formula is C12H17BrN2O2. The van der Waals surface area contributed by atoms with E-state index < -0.39 is 0 Å². The quantitative estimate of drug-likeness (QED) is 0.786. The molecule has 1 amide bonds. The van der Waals surface area contributed by atoms with Crippen molar-refractivity contribution in [1.82, 2.24) is 10.1 Å². The minimum atomic E-state index is 0.00694. The molecule has 2 rings (SSSR count). The van der Waals surface area contributed by atoms with E-state index in [1.807, 2.05) is 4.90 Å². The van der Waals surface area contributed by atoms with Gasteiger partial charge >= 0.3 is 0 Å². The number of aromatic nitrogens is 1. The van der Waals surface area contributed by atoms with Crippen molar-refractivity contribution in [3.63, 3.8) is 0 Å². The van der Waals surface area contributed by atoms with Gasteiger partial charge in [0, 0.05) is 24.0 Å². The molecule has 5 heteroatoms. The van der Waals surface area contributed by atoms with Gasteiger partial charge in [-0.05, 0) is 32.6 Å². The SMILES string of the molecule is Cc1cc(C(=O)N(CCCBr)C2CCC2)no1. The maximum Gasteiger partial charge on any atom is 0.276 e. The maximum atomic E-state index is 12.3. The number of hydrogen-bond donors (Lipinski definition) is 0. The predicted molar refractivity (Wildman–Crippen MR) is 68.3 cm³/mol. The molecular weight excluding hydrogens is 284 g/mol. The molecule has 17 heavy (non-hydrogen) atoms. The van der Waals surface area contributed by atoms with Gasteiger partial charge in [-0.2, -0.15) is 0 Å². The van der Waals surface area contributed by atoms with E-state index in [0.717, 1.165) is 31.1 Å². The lowest BCUT2D eigenvalue weighted by Crippen LogP contribution is -2.45. The summed E-state index contributed by atoms with van der Waals surface area (Å²) < 4.78 is 4.96. The van der Waals surface area contributed by atoms with Crippen LogP contribution < -0.4 is 0 Å². The van der Waals surface area contributed by atoms with E-state index in [-0.39, 0.29) is 5.91 Å². The number of carbonyl (C=O) groups excluding carboxylic acids is 1. The first-order valence-electron chi connectivity index (χ1n) is 6.02. The highest BCUT2D eigenvalue weighted by molar-refractivity contribution is 9.09. The average Bonchev–Trinajstić information content (AvgIpc) is 2.67. The lowest BCUT2D eigenvalue weighted by molar-refractivity contribution is 0.0570. The van der Waals surface area contributed by atoms with Crippen LogP contribution >= 0.6 is 15.9 Å². The zero-order chi connectivity index (χ0) is 12.3. The van der Waals surface area contributed by atoms with Crippen LogP contribution in [0.2, 0.25) is 0 Å². The zero-order valence-electron chi connectivity index (χ0n) is 9.99. The summed E-state index contributed by atoms with van der Waals surface area (Å²) in [7, 11) is 0. The molecule has 1 saturated carbocycles. The van der Waals surface area contributed by atoms with Crippen molar-refractivity contribution in [2.24, 2.45) is 0 Å². The summed E-state index contributed by atoms with van der Waals surface area (Å²) in [5, 5.41) is 4.73. The van der Waals surface area contributed by atoms with Gasteiger partial charge in [-0.3, -0.25) is 4.79 Å². The Morgan fingerprint density at radius 1 is 1.65 bits per heavy atom. The Balaban J connectivity index is 2.06. The summed E-state index contributed by atoms with van der Waals surface area (Å²) in [5.41, 5.74) is 0.434. The highest BCUT2D eigenvalue weighted by Gasteiger charge is 2.30. The second-order valence-electron chi connectivity index (χ2n) is 4.45. The van der Waals surface area contributed by atoms with Crippen molar-refractivity contribution in [2.75, 3.05) is 11.9 Å². The lowest BCUT2D eigenvalue weighted by atomic mass is 9.91. The maximum absolute atomic E-state index is 12.3. The molecule has 1 fully saturated rings. The van der Waals surface area contributed by atoms with E-state index in [1.54, 1.807) is 13.0 Å². The lowest BCUT2D eigenvalue weighted by Gasteiger charge is -2.37. The van der Waals surface area contributed by atoms with Gasteiger partial charge in [0.25, 0.3) is 5.91 Å². The molecule has 0 radical (unpaired) electrons. The van der Waals surface area contributed by atoms with Crippen LogP contribution in [0, 0.1) is 6.92 Å². The Labute approximate surface area is 109 Å². The van der Waals surface area contributed by atoms with Gasteiger partial charge in [0.1, 0.15) is 5.76 Å². The summed E-state index contributed by atoms with van der Waals surface area (Å²) >= 11 is 3.40. The summed E-state index contributed by atoms with van der Waals surface area (Å²) in [4.78, 5) is 14.2. The fourth-order valence-corrected chi connectivity index (χ4v) is 2.24. The smallest absolute Gasteiger partial charge is 0.276 e. The van der Waals surface area contributed by atoms with E-state index in [2.05, 4.69) is 21.1 Å². The van der Waals surface area contributed by atoms with Crippen LogP contribution in [0.4, 0.5) is 0 Å². The van der Waals surface area contributed by atoms with Crippen LogP contribution in [0.25, 0.3) is 0 Å². The second-order valence-corrected chi connectivity index (χ2v) is 5.24. The van der Waals surface area contributed by atoms with E-state index >= 15 is 0 Å². The number of aryl methyl sites for hydroxylation is 1. The van der Waals surface area contributed by atoms with Gasteiger partial charge in [-0.15, -0.1) is 0 Å². The largest absolute Gasteiger partial charge is 0.361 e. The fourth-order valence-electron chi connectivity index (χ4n) is 1.99. The predicted octanol–water partition coefficient (Wildman–Crippen LogP) is 2.76. The molecule has 0 atom stereocenters. The molecule has 1 aliphatic rings. The Morgan fingerprint density at radius 2 is 2.41 bits per heavy atom. The third-order valence-corrected chi connectivity index (χ3v) is 3.72. The Kier molecular flexibility index (Phi) is 4.20. The standard InChI is InChI=1S/C12H17BrN2O2/c1-9-8-11(14-17-9)12(16)15(7-3-6-13)10-4-2-5-10/h8,10H,2-7H2,1H3. The molecule has 0 N–H and O–H groups in total. The minimum Gasteiger partial charge on any atom is -0.361 e. The van der Waals surface area contributed by atoms with E-state index in [1.165, 1.54) is 6.42 Å². The van der Waals surface area contributed by atoms with E-state index in [0.29, 0.717) is 17.5 Å². The first-order valence-corrected chi connectivity index (χ1v) is 7.15. The molecule has 0 bridgehead atoms. The van der Waals surface area contributed by atoms with Crippen molar-refractivity contribution in [2.45, 2.75) is 38.6 Å². The molecule has 0 aromatic carbocycles. The Morgan fingerprint density at radius 3 is 2.88 bits per heavy atom. The van der Waals surface area contributed by atoms with Crippen LogP contribution in [0.3, 0.4) is 0 Å². The molecule has 0 saturated heterocycles. The van der Waals surface area contributed by atoms with E-state index in [4.69, 9.17) is 4.52 Å². The van der Waals surface area contributed by atoms with Gasteiger partial charge in [0.05, 0.1) is 0 Å². The molecule has 4 nitrogen and oxygen atoms in total. The second kappa shape index (κ2) is 5.67. The summed E-state index contributed by atoms with van der Waals surface area (Å²) in [5.74, 6) is 0.690. The van der Waals surface area contributed by atoms with Gasteiger partial charge in [-0.25, -0.2) is 0 Å². The first kappa shape index (κ1) is 12.6. The number of hydrogen-bond acceptors (Lipinski definition) is 3. The monoisotopic (exact) mass is 300 g/mol. The molecule has 1 aliphatic carbocycles. The van der Waals surface area contributed by atoms with Gasteiger partial charge in [0.2, 0.25) is 0 Å². The zero-order valence-corrected chi connectivity index (χ0v) is 11.6. The van der Waals surface area contributed by atoms with Crippen molar-refractivity contribution in [3.05, 3.63) is 17.5 Å². The fraction of sp³-hybridized carbons (Fsp3) is 0.667. The highest BCUT2D eigenvalue weighted by Crippen LogP contribution is 2.26. The number of nitrogens with zero attached hydrogens (tertiary/aromatic N) is 2. The topological polar surface area (TPSA) is 46.3 Å². The van der Waals surface area contributed by atoms with Crippen molar-refractivity contribution >= 4 is 21.8 Å². The van der Waals surface area contributed by atoms with Crippen molar-refractivity contribution in [1.29, 1.82) is 0 Å². The number of carbonyl (C=O) groups is 1. The molecule has 1 heterocycles. The summed E-state index contributed by atoms with van der Waals surface area (Å²) in [6.45, 7) is 2.59. The number of amides is 1. The molecule has 0 aliphatic heterocycles. The van der Waals surface area contributed by atoms with Gasteiger partial charge in [-0.1, -0.05) is 21.1 Å². The molecule has 94 valence electrons.